The molecule has 0 atom stereocenters. The summed E-state index contributed by atoms with van der Waals surface area (Å²) in [6, 6.07) is 11.9. The van der Waals surface area contributed by atoms with Crippen molar-refractivity contribution in [2.45, 2.75) is 33.5 Å². The van der Waals surface area contributed by atoms with Gasteiger partial charge in [0.15, 0.2) is 0 Å². The first-order valence-corrected chi connectivity index (χ1v) is 8.39. The van der Waals surface area contributed by atoms with Gasteiger partial charge in [-0.15, -0.1) is 0 Å². The summed E-state index contributed by atoms with van der Waals surface area (Å²) in [6.45, 7) is 6.43. The van der Waals surface area contributed by atoms with Gasteiger partial charge in [-0.2, -0.15) is 5.10 Å². The summed E-state index contributed by atoms with van der Waals surface area (Å²) in [4.78, 5) is 4.14. The van der Waals surface area contributed by atoms with E-state index in [9.17, 15) is 0 Å². The van der Waals surface area contributed by atoms with E-state index in [0.717, 1.165) is 29.4 Å². The van der Waals surface area contributed by atoms with E-state index in [0.29, 0.717) is 6.54 Å². The van der Waals surface area contributed by atoms with E-state index >= 15 is 0 Å². The Balaban J connectivity index is 1.69. The molecule has 3 aromatic rings. The summed E-state index contributed by atoms with van der Waals surface area (Å²) < 4.78 is 2.03. The maximum atomic E-state index is 6.27. The minimum atomic E-state index is 0.689. The quantitative estimate of drug-likeness (QED) is 0.740. The topological polar surface area (TPSA) is 42.7 Å². The fourth-order valence-electron chi connectivity index (χ4n) is 2.77. The Morgan fingerprint density at radius 3 is 2.67 bits per heavy atom. The molecule has 0 fully saturated rings. The second kappa shape index (κ2) is 7.60. The van der Waals surface area contributed by atoms with Gasteiger partial charge in [-0.25, -0.2) is 0 Å². The van der Waals surface area contributed by atoms with Crippen molar-refractivity contribution in [2.75, 3.05) is 0 Å². The highest BCUT2D eigenvalue weighted by molar-refractivity contribution is 6.31. The molecule has 5 heteroatoms. The van der Waals surface area contributed by atoms with Crippen LogP contribution in [0.4, 0.5) is 0 Å². The van der Waals surface area contributed by atoms with Crippen LogP contribution >= 0.6 is 11.6 Å². The van der Waals surface area contributed by atoms with Crippen LogP contribution in [0, 0.1) is 13.8 Å². The van der Waals surface area contributed by atoms with E-state index in [1.807, 2.05) is 41.2 Å². The lowest BCUT2D eigenvalue weighted by Crippen LogP contribution is -2.14. The number of halogens is 1. The molecule has 0 radical (unpaired) electrons. The van der Waals surface area contributed by atoms with Crippen molar-refractivity contribution >= 4 is 11.6 Å². The lowest BCUT2D eigenvalue weighted by Gasteiger charge is -2.08. The smallest absolute Gasteiger partial charge is 0.0677 e. The zero-order chi connectivity index (χ0) is 16.9. The number of aryl methyl sites for hydroxylation is 1. The van der Waals surface area contributed by atoms with Crippen molar-refractivity contribution in [3.8, 4) is 0 Å². The second-order valence-electron chi connectivity index (χ2n) is 5.86. The molecule has 3 rings (SSSR count). The fraction of sp³-hybridized carbons (Fsp3) is 0.263. The lowest BCUT2D eigenvalue weighted by molar-refractivity contribution is 0.653. The van der Waals surface area contributed by atoms with Crippen LogP contribution in [0.3, 0.4) is 0 Å². The molecule has 0 saturated heterocycles. The highest BCUT2D eigenvalue weighted by Gasteiger charge is 2.12. The molecular weight excluding hydrogens is 320 g/mol. The minimum absolute atomic E-state index is 0.689. The van der Waals surface area contributed by atoms with Gasteiger partial charge < -0.3 is 5.32 Å². The van der Waals surface area contributed by atoms with Crippen LogP contribution < -0.4 is 5.32 Å². The summed E-state index contributed by atoms with van der Waals surface area (Å²) >= 11 is 6.27. The first-order chi connectivity index (χ1) is 11.6. The van der Waals surface area contributed by atoms with Gasteiger partial charge in [0.25, 0.3) is 0 Å². The Bertz CT molecular complexity index is 811. The zero-order valence-electron chi connectivity index (χ0n) is 14.0. The molecule has 0 aliphatic heterocycles. The second-order valence-corrected chi connectivity index (χ2v) is 6.27. The molecule has 124 valence electrons. The van der Waals surface area contributed by atoms with Crippen molar-refractivity contribution in [2.24, 2.45) is 0 Å². The molecule has 0 unspecified atom stereocenters. The monoisotopic (exact) mass is 340 g/mol. The van der Waals surface area contributed by atoms with E-state index in [1.165, 1.54) is 16.8 Å². The molecule has 24 heavy (non-hydrogen) atoms. The van der Waals surface area contributed by atoms with Gasteiger partial charge >= 0.3 is 0 Å². The molecule has 0 spiro atoms. The number of rotatable bonds is 6. The number of nitrogens with one attached hydrogen (secondary N) is 1. The first-order valence-electron chi connectivity index (χ1n) is 8.01. The number of hydrogen-bond acceptors (Lipinski definition) is 3. The Morgan fingerprint density at radius 2 is 1.92 bits per heavy atom. The van der Waals surface area contributed by atoms with E-state index < -0.39 is 0 Å². The fourth-order valence-corrected chi connectivity index (χ4v) is 2.96. The largest absolute Gasteiger partial charge is 0.308 e. The van der Waals surface area contributed by atoms with Gasteiger partial charge in [0.1, 0.15) is 0 Å². The van der Waals surface area contributed by atoms with Gasteiger partial charge in [-0.1, -0.05) is 35.9 Å². The number of aromatic nitrogens is 3. The molecule has 0 aliphatic carbocycles. The SMILES string of the molecule is Cc1nn(Cc2ccccc2Cl)c(C)c1CNCc1cccnc1. The van der Waals surface area contributed by atoms with Gasteiger partial charge in [0.05, 0.1) is 12.2 Å². The number of benzene rings is 1. The Morgan fingerprint density at radius 1 is 1.08 bits per heavy atom. The summed E-state index contributed by atoms with van der Waals surface area (Å²) in [5, 5.41) is 8.93. The summed E-state index contributed by atoms with van der Waals surface area (Å²) in [5.74, 6) is 0. The van der Waals surface area contributed by atoms with Gasteiger partial charge in [0.2, 0.25) is 0 Å². The maximum Gasteiger partial charge on any atom is 0.0677 e. The van der Waals surface area contributed by atoms with E-state index in [-0.39, 0.29) is 0 Å². The van der Waals surface area contributed by atoms with Crippen molar-refractivity contribution in [1.82, 2.24) is 20.1 Å². The molecular formula is C19H21ClN4. The highest BCUT2D eigenvalue weighted by atomic mass is 35.5. The van der Waals surface area contributed by atoms with E-state index in [2.05, 4.69) is 35.3 Å². The third kappa shape index (κ3) is 3.83. The Labute approximate surface area is 147 Å². The predicted molar refractivity (Wildman–Crippen MR) is 97.0 cm³/mol. The van der Waals surface area contributed by atoms with Crippen LogP contribution in [-0.2, 0) is 19.6 Å². The van der Waals surface area contributed by atoms with Gasteiger partial charge in [-0.3, -0.25) is 9.67 Å². The molecule has 0 saturated carbocycles. The summed E-state index contributed by atoms with van der Waals surface area (Å²) in [5.41, 5.74) is 5.73. The molecule has 4 nitrogen and oxygen atoms in total. The molecule has 0 aliphatic rings. The standard InChI is InChI=1S/C19H21ClN4/c1-14-18(12-22-11-16-6-5-9-21-10-16)15(2)24(23-14)13-17-7-3-4-8-19(17)20/h3-10,22H,11-13H2,1-2H3. The minimum Gasteiger partial charge on any atom is -0.308 e. The Hall–Kier alpha value is -2.17. The lowest BCUT2D eigenvalue weighted by atomic mass is 10.2. The molecule has 2 heterocycles. The maximum absolute atomic E-state index is 6.27. The number of pyridine rings is 1. The van der Waals surface area contributed by atoms with Crippen molar-refractivity contribution in [3.05, 3.63) is 81.9 Å². The van der Waals surface area contributed by atoms with Crippen LogP contribution in [0.15, 0.2) is 48.8 Å². The number of nitrogens with zero attached hydrogens (tertiary/aromatic N) is 3. The third-order valence-corrected chi connectivity index (χ3v) is 4.53. The normalized spacial score (nSPS) is 11.0. The summed E-state index contributed by atoms with van der Waals surface area (Å²) in [6.07, 6.45) is 3.67. The Kier molecular flexibility index (Phi) is 5.28. The highest BCUT2D eigenvalue weighted by Crippen LogP contribution is 2.19. The average molecular weight is 341 g/mol. The average Bonchev–Trinajstić information content (AvgIpc) is 2.85. The molecule has 0 bridgehead atoms. The molecule has 1 N–H and O–H groups in total. The molecule has 0 amide bonds. The van der Waals surface area contributed by atoms with Crippen LogP contribution in [0.5, 0.6) is 0 Å². The van der Waals surface area contributed by atoms with Gasteiger partial charge in [-0.05, 0) is 37.1 Å². The molecule has 1 aromatic carbocycles. The molecule has 2 aromatic heterocycles. The third-order valence-electron chi connectivity index (χ3n) is 4.16. The van der Waals surface area contributed by atoms with Crippen LogP contribution in [0.1, 0.15) is 28.1 Å². The van der Waals surface area contributed by atoms with Crippen LogP contribution in [0.25, 0.3) is 0 Å². The first kappa shape index (κ1) is 16.7. The van der Waals surface area contributed by atoms with Crippen molar-refractivity contribution in [3.63, 3.8) is 0 Å². The van der Waals surface area contributed by atoms with Crippen LogP contribution in [0.2, 0.25) is 5.02 Å². The van der Waals surface area contributed by atoms with Gasteiger partial charge in [0, 0.05) is 41.8 Å². The summed E-state index contributed by atoms with van der Waals surface area (Å²) in [7, 11) is 0. The van der Waals surface area contributed by atoms with Crippen molar-refractivity contribution in [1.29, 1.82) is 0 Å². The number of hydrogen-bond donors (Lipinski definition) is 1. The van der Waals surface area contributed by atoms with E-state index in [4.69, 9.17) is 11.6 Å². The predicted octanol–water partition coefficient (Wildman–Crippen LogP) is 3.89. The van der Waals surface area contributed by atoms with Crippen LogP contribution in [-0.4, -0.2) is 14.8 Å². The zero-order valence-corrected chi connectivity index (χ0v) is 14.7. The van der Waals surface area contributed by atoms with Crippen molar-refractivity contribution < 1.29 is 0 Å². The van der Waals surface area contributed by atoms with E-state index in [1.54, 1.807) is 6.20 Å².